The van der Waals surface area contributed by atoms with E-state index in [0.29, 0.717) is 35.4 Å². The fourth-order valence-corrected chi connectivity index (χ4v) is 5.02. The number of allylic oxidation sites excluding steroid dienone is 2. The van der Waals surface area contributed by atoms with Crippen LogP contribution in [-0.2, 0) is 21.0 Å². The molecule has 9 heteroatoms. The first-order valence-electron chi connectivity index (χ1n) is 13.0. The van der Waals surface area contributed by atoms with E-state index in [-0.39, 0.29) is 6.61 Å². The Morgan fingerprint density at radius 1 is 1.16 bits per heavy atom. The summed E-state index contributed by atoms with van der Waals surface area (Å²) in [4.78, 5) is 29.7. The number of fused-ring (bicyclic) bond motifs is 2. The van der Waals surface area contributed by atoms with Crippen LogP contribution >= 0.6 is 0 Å². The van der Waals surface area contributed by atoms with Crippen molar-refractivity contribution < 1.29 is 19.2 Å². The van der Waals surface area contributed by atoms with Crippen molar-refractivity contribution in [2.24, 2.45) is 0 Å². The number of nitrogens with zero attached hydrogens (tertiary/aromatic N) is 2. The average molecular weight is 506 g/mol. The summed E-state index contributed by atoms with van der Waals surface area (Å²) in [5.74, 6) is 1.15. The molecule has 2 fully saturated rings. The van der Waals surface area contributed by atoms with Crippen molar-refractivity contribution in [1.29, 1.82) is 0 Å². The van der Waals surface area contributed by atoms with Gasteiger partial charge >= 0.3 is 5.97 Å². The van der Waals surface area contributed by atoms with Crippen LogP contribution in [-0.4, -0.2) is 28.3 Å². The lowest BCUT2D eigenvalue weighted by atomic mass is 9.89. The third kappa shape index (κ3) is 4.96. The van der Waals surface area contributed by atoms with Crippen molar-refractivity contribution in [3.05, 3.63) is 76.1 Å². The number of rotatable bonds is 7. The molecule has 2 aliphatic heterocycles. The van der Waals surface area contributed by atoms with E-state index in [1.807, 2.05) is 18.1 Å². The maximum Gasteiger partial charge on any atom is 0.344 e. The number of pyridine rings is 1. The number of carbonyl (C=O) groups is 1. The maximum atomic E-state index is 13.1. The summed E-state index contributed by atoms with van der Waals surface area (Å²) in [6.45, 7) is 8.72. The zero-order chi connectivity index (χ0) is 26.0. The van der Waals surface area contributed by atoms with Gasteiger partial charge in [0.05, 0.1) is 12.3 Å². The number of ether oxygens (including phenoxy) is 1. The van der Waals surface area contributed by atoms with Crippen LogP contribution in [0.15, 0.2) is 53.9 Å². The lowest BCUT2D eigenvalue weighted by molar-refractivity contribution is -0.167. The molecule has 1 saturated carbocycles. The normalized spacial score (nSPS) is 18.1. The van der Waals surface area contributed by atoms with Crippen molar-refractivity contribution in [3.63, 3.8) is 0 Å². The molecule has 0 radical (unpaired) electrons. The summed E-state index contributed by atoms with van der Waals surface area (Å²) in [6, 6.07) is 8.05. The Balaban J connectivity index is 1.41. The Labute approximate surface area is 217 Å². The molecule has 3 N–H and O–H groups in total. The highest BCUT2D eigenvalue weighted by Gasteiger charge is 2.50. The van der Waals surface area contributed by atoms with Gasteiger partial charge in [-0.1, -0.05) is 24.6 Å². The van der Waals surface area contributed by atoms with Gasteiger partial charge in [0, 0.05) is 24.4 Å². The standard InChI is InChI=1S/C28H35N5O4/c1-5-35-27(34)24-22(11-14-29-25(24)30-17-21-10-9-18(2)19(3)15-21)31-23-16-20(4)26-33(37-23)28(32-36-26)12-7-6-8-13-28/h9-11,14-16,32H,5-8,12-13,17H2,1-4H3,(H2,29,30,31). The molecule has 1 saturated heterocycles. The Morgan fingerprint density at radius 2 is 1.97 bits per heavy atom. The summed E-state index contributed by atoms with van der Waals surface area (Å²) >= 11 is 0. The molecule has 1 spiro atoms. The van der Waals surface area contributed by atoms with Crippen molar-refractivity contribution in [1.82, 2.24) is 15.5 Å². The highest BCUT2D eigenvalue weighted by atomic mass is 16.8. The van der Waals surface area contributed by atoms with Gasteiger partial charge in [-0.05, 0) is 76.1 Å². The molecular formula is C28H35N5O4. The summed E-state index contributed by atoms with van der Waals surface area (Å²) < 4.78 is 5.40. The number of hydrogen-bond acceptors (Lipinski definition) is 9. The monoisotopic (exact) mass is 505 g/mol. The SMILES string of the molecule is CCOC(=O)c1c(NC2=CC(C)=C3ONC4(CCCCC4)N3O2)ccnc1NCc1ccc(C)c(C)c1. The number of aryl methyl sites for hydroxylation is 2. The molecule has 5 rings (SSSR count). The quantitative estimate of drug-likeness (QED) is 0.427. The van der Waals surface area contributed by atoms with Gasteiger partial charge in [0.2, 0.25) is 5.88 Å². The first kappa shape index (κ1) is 25.0. The van der Waals surface area contributed by atoms with Crippen molar-refractivity contribution in [2.75, 3.05) is 17.2 Å². The fraction of sp³-hybridized carbons (Fsp3) is 0.429. The molecule has 1 aliphatic carbocycles. The Hall–Kier alpha value is -3.72. The van der Waals surface area contributed by atoms with Gasteiger partial charge in [-0.2, -0.15) is 0 Å². The molecule has 1 aromatic carbocycles. The molecule has 196 valence electrons. The number of carbonyl (C=O) groups excluding carboxylic acids is 1. The van der Waals surface area contributed by atoms with E-state index in [0.717, 1.165) is 36.8 Å². The Morgan fingerprint density at radius 3 is 2.73 bits per heavy atom. The van der Waals surface area contributed by atoms with E-state index in [1.165, 1.54) is 17.5 Å². The largest absolute Gasteiger partial charge is 0.462 e. The number of hydrogen-bond donors (Lipinski definition) is 3. The van der Waals surface area contributed by atoms with E-state index in [2.05, 4.69) is 53.1 Å². The number of aromatic nitrogens is 1. The Bertz CT molecular complexity index is 1250. The van der Waals surface area contributed by atoms with Crippen molar-refractivity contribution in [2.45, 2.75) is 72.0 Å². The van der Waals surface area contributed by atoms with Crippen LogP contribution in [0, 0.1) is 13.8 Å². The molecule has 0 bridgehead atoms. The van der Waals surface area contributed by atoms with E-state index in [4.69, 9.17) is 14.4 Å². The molecule has 3 aliphatic rings. The van der Waals surface area contributed by atoms with Gasteiger partial charge < -0.3 is 25.0 Å². The second kappa shape index (κ2) is 10.3. The first-order chi connectivity index (χ1) is 17.9. The topological polar surface area (TPSA) is 97.0 Å². The van der Waals surface area contributed by atoms with Crippen LogP contribution in [0.2, 0.25) is 0 Å². The Kier molecular flexibility index (Phi) is 6.97. The summed E-state index contributed by atoms with van der Waals surface area (Å²) in [5, 5.41) is 8.47. The van der Waals surface area contributed by atoms with Gasteiger partial charge in [-0.25, -0.2) is 9.78 Å². The second-order valence-electron chi connectivity index (χ2n) is 9.88. The number of anilines is 2. The van der Waals surface area contributed by atoms with Gasteiger partial charge in [-0.3, -0.25) is 0 Å². The third-order valence-electron chi connectivity index (χ3n) is 7.19. The molecule has 0 amide bonds. The second-order valence-corrected chi connectivity index (χ2v) is 9.88. The minimum absolute atomic E-state index is 0.257. The minimum atomic E-state index is -0.458. The highest BCUT2D eigenvalue weighted by Crippen LogP contribution is 2.42. The summed E-state index contributed by atoms with van der Waals surface area (Å²) in [7, 11) is 0. The van der Waals surface area contributed by atoms with E-state index in [1.54, 1.807) is 19.2 Å². The van der Waals surface area contributed by atoms with Gasteiger partial charge in [-0.15, -0.1) is 10.5 Å². The number of benzene rings is 1. The smallest absolute Gasteiger partial charge is 0.344 e. The highest BCUT2D eigenvalue weighted by molar-refractivity contribution is 6.00. The van der Waals surface area contributed by atoms with Crippen LogP contribution in [0.1, 0.15) is 73.0 Å². The molecule has 0 unspecified atom stereocenters. The van der Waals surface area contributed by atoms with E-state index < -0.39 is 11.6 Å². The van der Waals surface area contributed by atoms with Crippen LogP contribution in [0.5, 0.6) is 0 Å². The predicted molar refractivity (Wildman–Crippen MR) is 141 cm³/mol. The van der Waals surface area contributed by atoms with E-state index >= 15 is 0 Å². The fourth-order valence-electron chi connectivity index (χ4n) is 5.02. The maximum absolute atomic E-state index is 13.1. The lowest BCUT2D eigenvalue weighted by Crippen LogP contribution is -2.52. The zero-order valence-corrected chi connectivity index (χ0v) is 21.9. The number of hydroxylamine groups is 3. The lowest BCUT2D eigenvalue weighted by Gasteiger charge is -2.39. The van der Waals surface area contributed by atoms with Crippen LogP contribution < -0.4 is 16.1 Å². The molecule has 1 aromatic heterocycles. The molecule has 2 aromatic rings. The van der Waals surface area contributed by atoms with E-state index in [9.17, 15) is 4.79 Å². The average Bonchev–Trinajstić information content (AvgIpc) is 3.23. The molecular weight excluding hydrogens is 470 g/mol. The number of nitrogens with one attached hydrogen (secondary N) is 3. The zero-order valence-electron chi connectivity index (χ0n) is 21.9. The summed E-state index contributed by atoms with van der Waals surface area (Å²) in [5.41, 5.74) is 8.17. The molecule has 9 nitrogen and oxygen atoms in total. The van der Waals surface area contributed by atoms with Crippen LogP contribution in [0.25, 0.3) is 0 Å². The minimum Gasteiger partial charge on any atom is -0.462 e. The first-order valence-corrected chi connectivity index (χ1v) is 13.0. The van der Waals surface area contributed by atoms with Crippen molar-refractivity contribution in [3.8, 4) is 0 Å². The van der Waals surface area contributed by atoms with Gasteiger partial charge in [0.1, 0.15) is 11.4 Å². The third-order valence-corrected chi connectivity index (χ3v) is 7.19. The predicted octanol–water partition coefficient (Wildman–Crippen LogP) is 5.41. The van der Waals surface area contributed by atoms with Gasteiger partial charge in [0.25, 0.3) is 5.88 Å². The molecule has 0 atom stereocenters. The molecule has 3 heterocycles. The molecule has 37 heavy (non-hydrogen) atoms. The van der Waals surface area contributed by atoms with Crippen LogP contribution in [0.4, 0.5) is 11.5 Å². The summed E-state index contributed by atoms with van der Waals surface area (Å²) in [6.07, 6.45) is 8.78. The van der Waals surface area contributed by atoms with Crippen LogP contribution in [0.3, 0.4) is 0 Å². The van der Waals surface area contributed by atoms with Crippen molar-refractivity contribution >= 4 is 17.5 Å². The number of esters is 1. The van der Waals surface area contributed by atoms with Gasteiger partial charge in [0.15, 0.2) is 5.66 Å².